The lowest BCUT2D eigenvalue weighted by molar-refractivity contribution is -0.0498. The van der Waals surface area contributed by atoms with Gasteiger partial charge in [0.25, 0.3) is 5.91 Å². The third-order valence-electron chi connectivity index (χ3n) is 3.59. The van der Waals surface area contributed by atoms with E-state index in [0.29, 0.717) is 23.8 Å². The number of carbonyl (C=O) groups excluding carboxylic acids is 1. The Balaban J connectivity index is 1.92. The molecule has 1 aromatic carbocycles. The molecule has 0 aliphatic heterocycles. The summed E-state index contributed by atoms with van der Waals surface area (Å²) in [6.07, 6.45) is -0.894. The van der Waals surface area contributed by atoms with E-state index in [-0.39, 0.29) is 24.6 Å². The molecule has 1 amide bonds. The molecule has 0 saturated heterocycles. The number of alkyl halides is 2. The van der Waals surface area contributed by atoms with Gasteiger partial charge in [0.1, 0.15) is 18.1 Å². The third-order valence-corrected chi connectivity index (χ3v) is 3.59. The minimum atomic E-state index is -2.90. The molecule has 0 fully saturated rings. The van der Waals surface area contributed by atoms with E-state index in [1.807, 2.05) is 6.92 Å². The number of primary amides is 1. The van der Waals surface area contributed by atoms with Crippen LogP contribution in [0.1, 0.15) is 34.9 Å². The lowest BCUT2D eigenvalue weighted by Crippen LogP contribution is -2.39. The smallest absolute Gasteiger partial charge is 0.387 e. The topological polar surface area (TPSA) is 122 Å². The monoisotopic (exact) mass is 396 g/mol. The van der Waals surface area contributed by atoms with Crippen molar-refractivity contribution < 1.29 is 27.8 Å². The zero-order valence-electron chi connectivity index (χ0n) is 15.2. The largest absolute Gasteiger partial charge is 0.454 e. The first-order chi connectivity index (χ1) is 13.4. The second-order valence-corrected chi connectivity index (χ2v) is 5.67. The van der Waals surface area contributed by atoms with Crippen LogP contribution in [0, 0.1) is 0 Å². The first kappa shape index (κ1) is 21.2. The Morgan fingerprint density at radius 2 is 1.96 bits per heavy atom. The normalized spacial score (nSPS) is 12.7. The molecular formula is C18H22F2N4O4. The molecule has 0 radical (unpaired) electrons. The minimum absolute atomic E-state index is 0.0163. The number of hydrogen-bond acceptors (Lipinski definition) is 5. The molecule has 0 aliphatic rings. The van der Waals surface area contributed by atoms with Crippen LogP contribution >= 0.6 is 0 Å². The number of nitrogens with one attached hydrogen (secondary N) is 2. The molecule has 0 aliphatic carbocycles. The molecular weight excluding hydrogens is 374 g/mol. The summed E-state index contributed by atoms with van der Waals surface area (Å²) in [6.45, 7) is -0.131. The number of carbonyl (C=O) groups is 1. The van der Waals surface area contributed by atoms with E-state index in [0.717, 1.165) is 0 Å². The summed E-state index contributed by atoms with van der Waals surface area (Å²) in [5.74, 6) is 0.297. The SMILES string of the molecule is CCNC(=NCc1ccc(C(N)=O)o1)NCC(O)c1ccc(OC(F)F)cc1. The number of rotatable bonds is 9. The second-order valence-electron chi connectivity index (χ2n) is 5.67. The summed E-state index contributed by atoms with van der Waals surface area (Å²) in [5, 5.41) is 16.2. The fraction of sp³-hybridized carbons (Fsp3) is 0.333. The molecule has 1 aromatic heterocycles. The van der Waals surface area contributed by atoms with Gasteiger partial charge in [-0.3, -0.25) is 4.79 Å². The fourth-order valence-electron chi connectivity index (χ4n) is 2.28. The van der Waals surface area contributed by atoms with E-state index < -0.39 is 18.6 Å². The number of guanidine groups is 1. The summed E-state index contributed by atoms with van der Waals surface area (Å²) in [6, 6.07) is 8.79. The maximum absolute atomic E-state index is 12.2. The van der Waals surface area contributed by atoms with Crippen molar-refractivity contribution in [1.82, 2.24) is 10.6 Å². The molecule has 1 unspecified atom stereocenters. The van der Waals surface area contributed by atoms with Crippen LogP contribution in [0.5, 0.6) is 5.75 Å². The zero-order chi connectivity index (χ0) is 20.5. The van der Waals surface area contributed by atoms with Crippen LogP contribution < -0.4 is 21.1 Å². The fourth-order valence-corrected chi connectivity index (χ4v) is 2.28. The van der Waals surface area contributed by atoms with Gasteiger partial charge < -0.3 is 30.6 Å². The molecule has 10 heteroatoms. The average molecular weight is 396 g/mol. The second kappa shape index (κ2) is 10.3. The molecule has 0 bridgehead atoms. The Bertz CT molecular complexity index is 793. The van der Waals surface area contributed by atoms with Gasteiger partial charge in [0.15, 0.2) is 11.7 Å². The maximum Gasteiger partial charge on any atom is 0.387 e. The highest BCUT2D eigenvalue weighted by molar-refractivity contribution is 5.89. The number of amides is 1. The quantitative estimate of drug-likeness (QED) is 0.379. The van der Waals surface area contributed by atoms with E-state index in [4.69, 9.17) is 10.2 Å². The van der Waals surface area contributed by atoms with Crippen molar-refractivity contribution in [3.63, 3.8) is 0 Å². The van der Waals surface area contributed by atoms with Crippen molar-refractivity contribution in [3.8, 4) is 5.75 Å². The van der Waals surface area contributed by atoms with Crippen LogP contribution in [-0.4, -0.2) is 36.7 Å². The molecule has 2 rings (SSSR count). The highest BCUT2D eigenvalue weighted by Crippen LogP contribution is 2.19. The number of nitrogens with zero attached hydrogens (tertiary/aromatic N) is 1. The number of aliphatic hydroxyl groups excluding tert-OH is 1. The summed E-state index contributed by atoms with van der Waals surface area (Å²) >= 11 is 0. The van der Waals surface area contributed by atoms with Crippen molar-refractivity contribution in [2.24, 2.45) is 10.7 Å². The van der Waals surface area contributed by atoms with Gasteiger partial charge in [0, 0.05) is 13.1 Å². The van der Waals surface area contributed by atoms with Crippen LogP contribution in [0.15, 0.2) is 45.8 Å². The first-order valence-electron chi connectivity index (χ1n) is 8.52. The molecule has 1 atom stereocenters. The van der Waals surface area contributed by atoms with Crippen LogP contribution in [0.3, 0.4) is 0 Å². The number of halogens is 2. The summed E-state index contributed by atoms with van der Waals surface area (Å²) < 4.78 is 33.9. The van der Waals surface area contributed by atoms with Gasteiger partial charge in [0.2, 0.25) is 0 Å². The van der Waals surface area contributed by atoms with Gasteiger partial charge in [-0.05, 0) is 36.8 Å². The molecule has 0 spiro atoms. The summed E-state index contributed by atoms with van der Waals surface area (Å²) in [4.78, 5) is 15.3. The van der Waals surface area contributed by atoms with Crippen molar-refractivity contribution in [3.05, 3.63) is 53.5 Å². The Hall–Kier alpha value is -3.14. The Morgan fingerprint density at radius 1 is 1.25 bits per heavy atom. The number of nitrogens with two attached hydrogens (primary N) is 1. The van der Waals surface area contributed by atoms with E-state index in [1.165, 1.54) is 30.3 Å². The van der Waals surface area contributed by atoms with Crippen molar-refractivity contribution >= 4 is 11.9 Å². The highest BCUT2D eigenvalue weighted by atomic mass is 19.3. The van der Waals surface area contributed by atoms with Gasteiger partial charge in [-0.1, -0.05) is 12.1 Å². The molecule has 152 valence electrons. The van der Waals surface area contributed by atoms with Crippen molar-refractivity contribution in [2.75, 3.05) is 13.1 Å². The van der Waals surface area contributed by atoms with E-state index in [9.17, 15) is 18.7 Å². The Kier molecular flexibility index (Phi) is 7.76. The zero-order valence-corrected chi connectivity index (χ0v) is 15.2. The number of ether oxygens (including phenoxy) is 1. The summed E-state index contributed by atoms with van der Waals surface area (Å²) in [7, 11) is 0. The van der Waals surface area contributed by atoms with Crippen molar-refractivity contribution in [1.29, 1.82) is 0 Å². The van der Waals surface area contributed by atoms with Crippen LogP contribution in [-0.2, 0) is 6.54 Å². The van der Waals surface area contributed by atoms with Gasteiger partial charge in [-0.25, -0.2) is 4.99 Å². The first-order valence-corrected chi connectivity index (χ1v) is 8.52. The van der Waals surface area contributed by atoms with Crippen LogP contribution in [0.25, 0.3) is 0 Å². The number of hydrogen-bond donors (Lipinski definition) is 4. The molecule has 8 nitrogen and oxygen atoms in total. The van der Waals surface area contributed by atoms with Gasteiger partial charge >= 0.3 is 6.61 Å². The van der Waals surface area contributed by atoms with Gasteiger partial charge in [-0.2, -0.15) is 8.78 Å². The van der Waals surface area contributed by atoms with E-state index in [2.05, 4.69) is 20.4 Å². The molecule has 28 heavy (non-hydrogen) atoms. The number of benzene rings is 1. The third kappa shape index (κ3) is 6.54. The van der Waals surface area contributed by atoms with Gasteiger partial charge in [0.05, 0.1) is 6.10 Å². The average Bonchev–Trinajstić information content (AvgIpc) is 3.13. The number of aliphatic imine (C=N–C) groups is 1. The number of furan rings is 1. The lowest BCUT2D eigenvalue weighted by Gasteiger charge is -2.16. The standard InChI is InChI=1S/C18H22F2N4O4/c1-2-22-18(23-9-13-7-8-15(27-13)16(21)26)24-10-14(25)11-3-5-12(6-4-11)28-17(19)20/h3-8,14,17,25H,2,9-10H2,1H3,(H2,21,26)(H2,22,23,24). The molecule has 1 heterocycles. The van der Waals surface area contributed by atoms with E-state index in [1.54, 1.807) is 6.07 Å². The number of aliphatic hydroxyl groups is 1. The Labute approximate surface area is 160 Å². The predicted molar refractivity (Wildman–Crippen MR) is 98.1 cm³/mol. The molecule has 0 saturated carbocycles. The highest BCUT2D eigenvalue weighted by Gasteiger charge is 2.11. The van der Waals surface area contributed by atoms with E-state index >= 15 is 0 Å². The van der Waals surface area contributed by atoms with Gasteiger partial charge in [-0.15, -0.1) is 0 Å². The van der Waals surface area contributed by atoms with Crippen LogP contribution in [0.4, 0.5) is 8.78 Å². The Morgan fingerprint density at radius 3 is 2.54 bits per heavy atom. The summed E-state index contributed by atoms with van der Waals surface area (Å²) in [5.41, 5.74) is 5.66. The minimum Gasteiger partial charge on any atom is -0.454 e. The van der Waals surface area contributed by atoms with Crippen molar-refractivity contribution in [2.45, 2.75) is 26.2 Å². The molecule has 2 aromatic rings. The lowest BCUT2D eigenvalue weighted by atomic mass is 10.1. The molecule has 5 N–H and O–H groups in total. The van der Waals surface area contributed by atoms with Crippen LogP contribution in [0.2, 0.25) is 0 Å². The predicted octanol–water partition coefficient (Wildman–Crippen LogP) is 1.77. The maximum atomic E-state index is 12.2.